The number of nitrogens with zero attached hydrogens (tertiary/aromatic N) is 1. The quantitative estimate of drug-likeness (QED) is 0.247. The fourth-order valence-corrected chi connectivity index (χ4v) is 4.40. The van der Waals surface area contributed by atoms with Gasteiger partial charge in [-0.2, -0.15) is 0 Å². The second-order valence-electron chi connectivity index (χ2n) is 8.50. The molecule has 0 heterocycles. The van der Waals surface area contributed by atoms with Crippen LogP contribution in [0.5, 0.6) is 5.75 Å². The molecule has 0 aliphatic heterocycles. The summed E-state index contributed by atoms with van der Waals surface area (Å²) in [7, 11) is 0. The SMILES string of the molecule is CCN(CC)CCNC(=O)c1ccc(NC(=S)NC(=O)c2ccc(OCCc3ccccc3)c(Br)c2)cc1. The van der Waals surface area contributed by atoms with Gasteiger partial charge in [0.25, 0.3) is 11.8 Å². The van der Waals surface area contributed by atoms with Crippen molar-refractivity contribution in [2.24, 2.45) is 0 Å². The predicted octanol–water partition coefficient (Wildman–Crippen LogP) is 5.27. The number of carbonyl (C=O) groups is 2. The van der Waals surface area contributed by atoms with Gasteiger partial charge in [-0.05, 0) is 89.3 Å². The van der Waals surface area contributed by atoms with Crippen molar-refractivity contribution in [2.75, 3.05) is 38.1 Å². The Kier molecular flexibility index (Phi) is 11.7. The summed E-state index contributed by atoms with van der Waals surface area (Å²) < 4.78 is 6.54. The van der Waals surface area contributed by atoms with Gasteiger partial charge in [-0.25, -0.2) is 0 Å². The lowest BCUT2D eigenvalue weighted by molar-refractivity contribution is 0.0947. The van der Waals surface area contributed by atoms with Crippen molar-refractivity contribution in [3.8, 4) is 5.75 Å². The maximum absolute atomic E-state index is 12.7. The average molecular weight is 598 g/mol. The van der Waals surface area contributed by atoms with Crippen molar-refractivity contribution in [1.29, 1.82) is 0 Å². The number of ether oxygens (including phenoxy) is 1. The van der Waals surface area contributed by atoms with E-state index in [-0.39, 0.29) is 16.9 Å². The molecular formula is C29H33BrN4O3S. The molecule has 3 aromatic carbocycles. The van der Waals surface area contributed by atoms with Gasteiger partial charge in [-0.3, -0.25) is 14.9 Å². The number of hydrogen-bond donors (Lipinski definition) is 3. The highest BCUT2D eigenvalue weighted by Crippen LogP contribution is 2.26. The molecule has 0 bridgehead atoms. The van der Waals surface area contributed by atoms with Gasteiger partial charge in [0.1, 0.15) is 5.75 Å². The molecule has 9 heteroatoms. The molecule has 38 heavy (non-hydrogen) atoms. The number of benzene rings is 3. The third kappa shape index (κ3) is 9.24. The fourth-order valence-electron chi connectivity index (χ4n) is 3.69. The molecule has 7 nitrogen and oxygen atoms in total. The molecule has 0 aliphatic carbocycles. The number of anilines is 1. The van der Waals surface area contributed by atoms with Gasteiger partial charge in [-0.15, -0.1) is 0 Å². The Morgan fingerprint density at radius 1 is 0.921 bits per heavy atom. The van der Waals surface area contributed by atoms with Gasteiger partial charge in [0.2, 0.25) is 0 Å². The summed E-state index contributed by atoms with van der Waals surface area (Å²) in [4.78, 5) is 27.3. The molecule has 0 aromatic heterocycles. The van der Waals surface area contributed by atoms with Gasteiger partial charge >= 0.3 is 0 Å². The van der Waals surface area contributed by atoms with Gasteiger partial charge in [0.15, 0.2) is 5.11 Å². The summed E-state index contributed by atoms with van der Waals surface area (Å²) in [5.41, 5.74) is 2.86. The van der Waals surface area contributed by atoms with Crippen LogP contribution in [0.1, 0.15) is 40.1 Å². The molecule has 200 valence electrons. The largest absolute Gasteiger partial charge is 0.492 e. The van der Waals surface area contributed by atoms with E-state index in [1.807, 2.05) is 18.2 Å². The van der Waals surface area contributed by atoms with Crippen molar-refractivity contribution in [3.05, 3.63) is 94.0 Å². The van der Waals surface area contributed by atoms with Crippen LogP contribution in [0.3, 0.4) is 0 Å². The second-order valence-corrected chi connectivity index (χ2v) is 9.76. The molecule has 0 aliphatic rings. The van der Waals surface area contributed by atoms with Gasteiger partial charge in [-0.1, -0.05) is 44.2 Å². The number of hydrogen-bond acceptors (Lipinski definition) is 5. The van der Waals surface area contributed by atoms with E-state index in [0.717, 1.165) is 26.1 Å². The molecular weight excluding hydrogens is 564 g/mol. The van der Waals surface area contributed by atoms with Crippen LogP contribution in [0, 0.1) is 0 Å². The second kappa shape index (κ2) is 15.2. The molecule has 0 unspecified atom stereocenters. The van der Waals surface area contributed by atoms with Crippen LogP contribution in [0.15, 0.2) is 77.3 Å². The number of rotatable bonds is 12. The van der Waals surface area contributed by atoms with Crippen molar-refractivity contribution in [3.63, 3.8) is 0 Å². The van der Waals surface area contributed by atoms with E-state index in [9.17, 15) is 9.59 Å². The van der Waals surface area contributed by atoms with E-state index in [0.29, 0.717) is 40.2 Å². The highest BCUT2D eigenvalue weighted by molar-refractivity contribution is 9.10. The van der Waals surface area contributed by atoms with Crippen LogP contribution >= 0.6 is 28.1 Å². The van der Waals surface area contributed by atoms with Gasteiger partial charge < -0.3 is 20.3 Å². The minimum Gasteiger partial charge on any atom is -0.492 e. The van der Waals surface area contributed by atoms with E-state index >= 15 is 0 Å². The first-order valence-corrected chi connectivity index (χ1v) is 13.8. The fraction of sp³-hybridized carbons (Fsp3) is 0.276. The molecule has 0 radical (unpaired) electrons. The predicted molar refractivity (Wildman–Crippen MR) is 160 cm³/mol. The van der Waals surface area contributed by atoms with E-state index in [2.05, 4.69) is 62.8 Å². The molecule has 0 saturated carbocycles. The van der Waals surface area contributed by atoms with E-state index in [1.165, 1.54) is 5.56 Å². The van der Waals surface area contributed by atoms with Crippen LogP contribution in [0.4, 0.5) is 5.69 Å². The standard InChI is InChI=1S/C29H33BrN4O3S/c1-3-34(4-2)18-17-31-27(35)22-10-13-24(14-11-22)32-29(38)33-28(36)23-12-15-26(25(30)20-23)37-19-16-21-8-6-5-7-9-21/h5-15,20H,3-4,16-19H2,1-2H3,(H,31,35)(H2,32,33,36,38). The van der Waals surface area contributed by atoms with Crippen molar-refractivity contribution in [1.82, 2.24) is 15.5 Å². The zero-order valence-electron chi connectivity index (χ0n) is 21.6. The highest BCUT2D eigenvalue weighted by Gasteiger charge is 2.12. The number of thiocarbonyl (C=S) groups is 1. The van der Waals surface area contributed by atoms with Crippen LogP contribution in [0.2, 0.25) is 0 Å². The summed E-state index contributed by atoms with van der Waals surface area (Å²) in [5, 5.41) is 8.75. The maximum atomic E-state index is 12.7. The summed E-state index contributed by atoms with van der Waals surface area (Å²) in [6.07, 6.45) is 0.789. The Hall–Kier alpha value is -3.27. The normalized spacial score (nSPS) is 10.6. The Labute approximate surface area is 238 Å². The summed E-state index contributed by atoms with van der Waals surface area (Å²) >= 11 is 8.78. The molecule has 0 atom stereocenters. The zero-order valence-corrected chi connectivity index (χ0v) is 24.0. The topological polar surface area (TPSA) is 82.7 Å². The van der Waals surface area contributed by atoms with E-state index in [1.54, 1.807) is 42.5 Å². The molecule has 2 amide bonds. The van der Waals surface area contributed by atoms with Crippen LogP contribution in [-0.4, -0.2) is 54.6 Å². The number of likely N-dealkylation sites (N-methyl/N-ethyl adjacent to an activating group) is 1. The molecule has 3 rings (SSSR count). The zero-order chi connectivity index (χ0) is 27.3. The van der Waals surface area contributed by atoms with Crippen molar-refractivity contribution >= 4 is 50.8 Å². The van der Waals surface area contributed by atoms with Crippen LogP contribution in [0.25, 0.3) is 0 Å². The van der Waals surface area contributed by atoms with Gasteiger partial charge in [0.05, 0.1) is 11.1 Å². The molecule has 0 fully saturated rings. The third-order valence-corrected chi connectivity index (χ3v) is 6.75. The molecule has 3 N–H and O–H groups in total. The summed E-state index contributed by atoms with van der Waals surface area (Å²) in [6, 6.07) is 22.2. The first-order chi connectivity index (χ1) is 18.4. The number of carbonyl (C=O) groups excluding carboxylic acids is 2. The Morgan fingerprint density at radius 3 is 2.26 bits per heavy atom. The Balaban J connectivity index is 1.45. The van der Waals surface area contributed by atoms with Crippen LogP contribution < -0.4 is 20.7 Å². The summed E-state index contributed by atoms with van der Waals surface area (Å²) in [5.74, 6) is 0.191. The van der Waals surface area contributed by atoms with E-state index < -0.39 is 0 Å². The van der Waals surface area contributed by atoms with Crippen molar-refractivity contribution < 1.29 is 14.3 Å². The first kappa shape index (κ1) is 29.3. The number of amides is 2. The van der Waals surface area contributed by atoms with E-state index in [4.69, 9.17) is 17.0 Å². The minimum atomic E-state index is -0.344. The molecule has 0 saturated heterocycles. The highest BCUT2D eigenvalue weighted by atomic mass is 79.9. The van der Waals surface area contributed by atoms with Crippen molar-refractivity contribution in [2.45, 2.75) is 20.3 Å². The number of nitrogens with one attached hydrogen (secondary N) is 3. The van der Waals surface area contributed by atoms with Crippen LogP contribution in [-0.2, 0) is 6.42 Å². The smallest absolute Gasteiger partial charge is 0.257 e. The maximum Gasteiger partial charge on any atom is 0.257 e. The Bertz CT molecular complexity index is 1220. The lowest BCUT2D eigenvalue weighted by atomic mass is 10.2. The first-order valence-electron chi connectivity index (χ1n) is 12.6. The number of halogens is 1. The lowest BCUT2D eigenvalue weighted by Gasteiger charge is -2.18. The van der Waals surface area contributed by atoms with Gasteiger partial charge in [0, 0.05) is 36.3 Å². The minimum absolute atomic E-state index is 0.127. The third-order valence-electron chi connectivity index (χ3n) is 5.93. The lowest BCUT2D eigenvalue weighted by Crippen LogP contribution is -2.35. The summed E-state index contributed by atoms with van der Waals surface area (Å²) in [6.45, 7) is 8.04. The Morgan fingerprint density at radius 2 is 1.61 bits per heavy atom. The molecule has 3 aromatic rings. The monoisotopic (exact) mass is 596 g/mol. The average Bonchev–Trinajstić information content (AvgIpc) is 2.92. The molecule has 0 spiro atoms.